The molecular weight excluding hydrogens is 738 g/mol. The molecule has 0 radical (unpaired) electrons. The number of hydrogen-bond donors (Lipinski definition) is 4. The second kappa shape index (κ2) is 20.8. The van der Waals surface area contributed by atoms with Gasteiger partial charge in [0.1, 0.15) is 22.9 Å². The molecule has 296 valence electrons. The van der Waals surface area contributed by atoms with E-state index in [1.807, 2.05) is 37.2 Å². The summed E-state index contributed by atoms with van der Waals surface area (Å²) < 4.78 is 10.0. The highest BCUT2D eigenvalue weighted by molar-refractivity contribution is 6.20. The number of halogens is 1. The number of nitro groups is 3. The van der Waals surface area contributed by atoms with E-state index in [0.717, 1.165) is 29.0 Å². The van der Waals surface area contributed by atoms with Gasteiger partial charge >= 0.3 is 0 Å². The largest absolute Gasteiger partial charge is 0.693 e. The van der Waals surface area contributed by atoms with Crippen molar-refractivity contribution in [1.29, 1.82) is 0 Å². The molecule has 0 aliphatic heterocycles. The Morgan fingerprint density at radius 2 is 1.24 bits per heavy atom. The molecule has 0 bridgehead atoms. The van der Waals surface area contributed by atoms with E-state index >= 15 is 0 Å². The number of H-pyrrole nitrogens is 1. The Hall–Kier alpha value is -6.28. The molecule has 0 saturated carbocycles. The summed E-state index contributed by atoms with van der Waals surface area (Å²) >= 11 is 5.77. The number of nitro benzene ring substituents is 3. The van der Waals surface area contributed by atoms with Crippen LogP contribution in [0.2, 0.25) is 0 Å². The fraction of sp³-hybridized carbons (Fsp3) is 0.286. The zero-order chi connectivity index (χ0) is 40.1. The zero-order valence-electron chi connectivity index (χ0n) is 31.0. The number of nitrogens with one attached hydrogen (secondary N) is 1. The van der Waals surface area contributed by atoms with Gasteiger partial charge in [0.2, 0.25) is 0 Å². The Bertz CT molecular complexity index is 2080. The smallest absolute Gasteiger partial charge is 0.292 e. The molecule has 0 spiro atoms. The minimum atomic E-state index is -0.516. The first-order chi connectivity index (χ1) is 25.6. The van der Waals surface area contributed by atoms with E-state index in [2.05, 4.69) is 14.9 Å². The predicted octanol–water partition coefficient (Wildman–Crippen LogP) is 7.26. The Balaban J connectivity index is 0.000000302. The average molecular weight is 783 g/mol. The van der Waals surface area contributed by atoms with Gasteiger partial charge in [-0.3, -0.25) is 30.3 Å². The van der Waals surface area contributed by atoms with E-state index in [1.165, 1.54) is 30.3 Å². The topological polar surface area (TPSA) is 295 Å². The SMILES string of the molecule is CC(Cl)c1ccc(N)c([N+](=O)[O-])c1.COCCN(C)c1ccc([N+](=O)[O-])c(N)c1.COCCN(C)c1ccc2nc(-c3ccc(N)c([N+](=O)[O-])c3)[nH]c2c1.[NH2-]. The third-order valence-electron chi connectivity index (χ3n) is 8.03. The normalized spacial score (nSPS) is 10.9. The number of ether oxygens (including phenoxy) is 2. The Morgan fingerprint density at radius 1 is 0.727 bits per heavy atom. The lowest BCUT2D eigenvalue weighted by molar-refractivity contribution is -0.384. The van der Waals surface area contributed by atoms with E-state index in [-0.39, 0.29) is 45.7 Å². The predicted molar refractivity (Wildman–Crippen MR) is 217 cm³/mol. The van der Waals surface area contributed by atoms with Crippen LogP contribution in [0.1, 0.15) is 17.9 Å². The Labute approximate surface area is 322 Å². The van der Waals surface area contributed by atoms with Crippen molar-refractivity contribution in [3.63, 3.8) is 0 Å². The first kappa shape index (κ1) is 44.9. The minimum Gasteiger partial charge on any atom is -0.693 e. The van der Waals surface area contributed by atoms with Crippen molar-refractivity contribution in [3.8, 4) is 11.4 Å². The number of imidazole rings is 1. The van der Waals surface area contributed by atoms with Gasteiger partial charge in [0.15, 0.2) is 0 Å². The zero-order valence-corrected chi connectivity index (χ0v) is 31.7. The fourth-order valence-corrected chi connectivity index (χ4v) is 4.98. The first-order valence-corrected chi connectivity index (χ1v) is 16.7. The average Bonchev–Trinajstić information content (AvgIpc) is 3.57. The molecule has 5 aromatic rings. The van der Waals surface area contributed by atoms with Crippen LogP contribution in [0, 0.1) is 30.3 Å². The molecule has 0 aliphatic carbocycles. The summed E-state index contributed by atoms with van der Waals surface area (Å²) in [5.74, 6) is 0.565. The van der Waals surface area contributed by atoms with Crippen molar-refractivity contribution in [2.24, 2.45) is 0 Å². The van der Waals surface area contributed by atoms with Crippen LogP contribution >= 0.6 is 11.6 Å². The number of fused-ring (bicyclic) bond motifs is 1. The van der Waals surface area contributed by atoms with Crippen LogP contribution in [0.15, 0.2) is 72.8 Å². The second-order valence-electron chi connectivity index (χ2n) is 11.8. The fourth-order valence-electron chi connectivity index (χ4n) is 4.85. The molecule has 0 saturated heterocycles. The molecule has 1 aromatic heterocycles. The van der Waals surface area contributed by atoms with Crippen molar-refractivity contribution in [2.75, 3.05) is 81.6 Å². The molecule has 1 atom stereocenters. The first-order valence-electron chi connectivity index (χ1n) is 16.2. The van der Waals surface area contributed by atoms with E-state index < -0.39 is 14.8 Å². The van der Waals surface area contributed by atoms with Crippen LogP contribution in [-0.4, -0.2) is 79.4 Å². The van der Waals surface area contributed by atoms with Crippen LogP contribution in [0.5, 0.6) is 0 Å². The molecule has 19 nitrogen and oxygen atoms in total. The highest BCUT2D eigenvalue weighted by atomic mass is 35.5. The number of alkyl halides is 1. The van der Waals surface area contributed by atoms with Gasteiger partial charge in [-0.2, -0.15) is 0 Å². The summed E-state index contributed by atoms with van der Waals surface area (Å²) in [6.07, 6.45) is 0. The maximum atomic E-state index is 11.1. The van der Waals surface area contributed by atoms with Crippen molar-refractivity contribution in [1.82, 2.24) is 9.97 Å². The molecule has 55 heavy (non-hydrogen) atoms. The van der Waals surface area contributed by atoms with E-state index in [9.17, 15) is 30.3 Å². The third-order valence-corrected chi connectivity index (χ3v) is 8.28. The number of benzene rings is 4. The van der Waals surface area contributed by atoms with Gasteiger partial charge in [-0.15, -0.1) is 11.6 Å². The molecule has 20 heteroatoms. The highest BCUT2D eigenvalue weighted by Crippen LogP contribution is 2.31. The van der Waals surface area contributed by atoms with E-state index in [4.69, 9.17) is 38.3 Å². The molecule has 0 amide bonds. The number of rotatable bonds is 13. The molecule has 5 rings (SSSR count). The monoisotopic (exact) mass is 782 g/mol. The standard InChI is InChI=1S/C17H19N5O3.C10H15N3O3.C8H9ClN2O2.H2N/c1-21(7-8-25-2)12-4-6-14-15(10-12)20-17(19-14)11-3-5-13(18)16(9-11)22(23)24;1-12(5-6-16-2)8-3-4-10(13(14)15)9(11)7-8;1-5(9)6-2-3-7(10)8(4-6)11(12)13;/h3-6,9-10H,7-8,18H2,1-2H3,(H,19,20);3-4,7H,5-6,11H2,1-2H3;2-5H,10H2,1H3;1H2/q;;;-1. The van der Waals surface area contributed by atoms with E-state index in [1.54, 1.807) is 45.4 Å². The van der Waals surface area contributed by atoms with Crippen LogP contribution in [0.4, 0.5) is 45.5 Å². The summed E-state index contributed by atoms with van der Waals surface area (Å²) in [6, 6.07) is 19.8. The van der Waals surface area contributed by atoms with Crippen molar-refractivity contribution >= 4 is 68.1 Å². The highest BCUT2D eigenvalue weighted by Gasteiger charge is 2.16. The maximum absolute atomic E-state index is 11.1. The molecule has 9 N–H and O–H groups in total. The summed E-state index contributed by atoms with van der Waals surface area (Å²) in [5.41, 5.74) is 21.6. The minimum absolute atomic E-state index is 0. The summed E-state index contributed by atoms with van der Waals surface area (Å²) in [5, 5.41) is 31.9. The van der Waals surface area contributed by atoms with Crippen molar-refractivity contribution in [3.05, 3.63) is 115 Å². The van der Waals surface area contributed by atoms with Gasteiger partial charge in [-0.05, 0) is 61.0 Å². The third kappa shape index (κ3) is 12.4. The van der Waals surface area contributed by atoms with Crippen molar-refractivity contribution in [2.45, 2.75) is 12.3 Å². The lowest BCUT2D eigenvalue weighted by Gasteiger charge is -2.18. The number of nitrogens with two attached hydrogens (primary N) is 4. The van der Waals surface area contributed by atoms with E-state index in [0.29, 0.717) is 36.7 Å². The number of likely N-dealkylation sites (N-methyl/N-ethyl adjacent to an activating group) is 2. The van der Waals surface area contributed by atoms with Crippen LogP contribution in [-0.2, 0) is 9.47 Å². The van der Waals surface area contributed by atoms with Gasteiger partial charge in [0.05, 0.1) is 44.4 Å². The van der Waals surface area contributed by atoms with Gasteiger partial charge < -0.3 is 47.6 Å². The van der Waals surface area contributed by atoms with Gasteiger partial charge in [-0.1, -0.05) is 6.07 Å². The number of aromatic amines is 1. The van der Waals surface area contributed by atoms with Crippen LogP contribution in [0.25, 0.3) is 28.6 Å². The Morgan fingerprint density at radius 3 is 1.75 bits per heavy atom. The quantitative estimate of drug-likeness (QED) is 0.0396. The number of nitrogen functional groups attached to an aromatic ring is 3. The summed E-state index contributed by atoms with van der Waals surface area (Å²) in [6.45, 7) is 4.45. The number of aromatic nitrogens is 2. The second-order valence-corrected chi connectivity index (χ2v) is 12.5. The van der Waals surface area contributed by atoms with Crippen molar-refractivity contribution < 1.29 is 24.2 Å². The molecule has 0 aliphatic rings. The molecule has 1 heterocycles. The lowest BCUT2D eigenvalue weighted by Crippen LogP contribution is -2.22. The molecule has 0 fully saturated rings. The molecule has 4 aromatic carbocycles. The van der Waals surface area contributed by atoms with Gasteiger partial charge in [-0.25, -0.2) is 4.98 Å². The summed E-state index contributed by atoms with van der Waals surface area (Å²) in [7, 11) is 7.16. The van der Waals surface area contributed by atoms with Gasteiger partial charge in [0, 0.05) is 76.5 Å². The lowest BCUT2D eigenvalue weighted by atomic mass is 10.1. The van der Waals surface area contributed by atoms with Crippen LogP contribution in [0.3, 0.4) is 0 Å². The van der Waals surface area contributed by atoms with Crippen LogP contribution < -0.4 is 27.0 Å². The maximum Gasteiger partial charge on any atom is 0.292 e. The number of nitrogens with zero attached hydrogens (tertiary/aromatic N) is 6. The molecular formula is C35H45ClN11O8-. The number of methoxy groups -OCH3 is 2. The Kier molecular flexibility index (Phi) is 17.0. The number of anilines is 5. The van der Waals surface area contributed by atoms with Gasteiger partial charge in [0.25, 0.3) is 17.1 Å². The number of hydrogen-bond acceptors (Lipinski definition) is 14. The molecule has 1 unspecified atom stereocenters. The summed E-state index contributed by atoms with van der Waals surface area (Å²) in [4.78, 5) is 42.3.